The maximum atomic E-state index is 12.3. The molecule has 1 unspecified atom stereocenters. The first-order valence-electron chi connectivity index (χ1n) is 8.17. The number of hydrogen-bond acceptors (Lipinski definition) is 4. The van der Waals surface area contributed by atoms with Crippen molar-refractivity contribution in [1.82, 2.24) is 5.32 Å². The molecule has 0 aliphatic rings. The second kappa shape index (κ2) is 9.98. The number of carbonyl (C=O) groups is 1. The molecule has 5 nitrogen and oxygen atoms in total. The number of carbonyl (C=O) groups excluding carboxylic acids is 1. The van der Waals surface area contributed by atoms with Crippen molar-refractivity contribution in [1.29, 1.82) is 0 Å². The van der Waals surface area contributed by atoms with Crippen LogP contribution >= 0.6 is 0 Å². The van der Waals surface area contributed by atoms with Gasteiger partial charge in [0.2, 0.25) is 11.7 Å². The van der Waals surface area contributed by atoms with Gasteiger partial charge in [0.15, 0.2) is 11.5 Å². The summed E-state index contributed by atoms with van der Waals surface area (Å²) in [5, 5.41) is 3.01. The molecule has 1 rings (SSSR count). The molecule has 0 fully saturated rings. The average Bonchev–Trinajstić information content (AvgIpc) is 2.59. The van der Waals surface area contributed by atoms with Crippen molar-refractivity contribution >= 4 is 5.91 Å². The Morgan fingerprint density at radius 3 is 2.13 bits per heavy atom. The number of methoxy groups -OCH3 is 3. The molecule has 1 N–H and O–H groups in total. The molecule has 1 aromatic rings. The van der Waals surface area contributed by atoms with Gasteiger partial charge in [0.05, 0.1) is 21.3 Å². The van der Waals surface area contributed by atoms with Gasteiger partial charge in [-0.3, -0.25) is 4.79 Å². The summed E-state index contributed by atoms with van der Waals surface area (Å²) < 4.78 is 16.0. The zero-order valence-electron chi connectivity index (χ0n) is 14.9. The van der Waals surface area contributed by atoms with Crippen LogP contribution < -0.4 is 19.5 Å². The van der Waals surface area contributed by atoms with Crippen molar-refractivity contribution in [3.8, 4) is 17.2 Å². The molecule has 0 aliphatic carbocycles. The molecular weight excluding hydrogens is 294 g/mol. The van der Waals surface area contributed by atoms with Gasteiger partial charge in [0, 0.05) is 12.5 Å². The van der Waals surface area contributed by atoms with Gasteiger partial charge >= 0.3 is 0 Å². The molecular formula is C18H29NO4. The molecule has 0 radical (unpaired) electrons. The van der Waals surface area contributed by atoms with Crippen LogP contribution in [-0.4, -0.2) is 27.2 Å². The molecule has 0 saturated heterocycles. The van der Waals surface area contributed by atoms with E-state index in [0.29, 0.717) is 23.8 Å². The molecule has 130 valence electrons. The first-order chi connectivity index (χ1) is 11.1. The van der Waals surface area contributed by atoms with Gasteiger partial charge in [-0.25, -0.2) is 0 Å². The van der Waals surface area contributed by atoms with Crippen LogP contribution in [0.25, 0.3) is 0 Å². The maximum absolute atomic E-state index is 12.3. The maximum Gasteiger partial charge on any atom is 0.223 e. The molecule has 1 aromatic carbocycles. The number of ether oxygens (including phenoxy) is 3. The Hall–Kier alpha value is -1.91. The summed E-state index contributed by atoms with van der Waals surface area (Å²) in [7, 11) is 4.73. The van der Waals surface area contributed by atoms with Crippen molar-refractivity contribution in [2.75, 3.05) is 21.3 Å². The predicted octanol–water partition coefficient (Wildman–Crippen LogP) is 3.55. The number of hydrogen-bond donors (Lipinski definition) is 1. The van der Waals surface area contributed by atoms with Crippen LogP contribution in [0.4, 0.5) is 0 Å². The summed E-state index contributed by atoms with van der Waals surface area (Å²) in [6.45, 7) is 4.64. The fraction of sp³-hybridized carbons (Fsp3) is 0.611. The summed E-state index contributed by atoms with van der Waals surface area (Å²) in [4.78, 5) is 12.3. The highest BCUT2D eigenvalue weighted by Gasteiger charge is 2.17. The Balaban J connectivity index is 2.79. The van der Waals surface area contributed by atoms with Crippen molar-refractivity contribution in [2.24, 2.45) is 5.92 Å². The average molecular weight is 323 g/mol. The molecule has 23 heavy (non-hydrogen) atoms. The normalized spacial score (nSPS) is 11.7. The Morgan fingerprint density at radius 1 is 1.09 bits per heavy atom. The Labute approximate surface area is 139 Å². The summed E-state index contributed by atoms with van der Waals surface area (Å²) in [5.74, 6) is 1.93. The molecule has 0 spiro atoms. The minimum atomic E-state index is 0.0805. The molecule has 0 aromatic heterocycles. The van der Waals surface area contributed by atoms with Crippen LogP contribution in [0.5, 0.6) is 17.2 Å². The Bertz CT molecular complexity index is 477. The van der Waals surface area contributed by atoms with Crippen LogP contribution in [0.3, 0.4) is 0 Å². The van der Waals surface area contributed by atoms with Crippen LogP contribution in [0, 0.1) is 5.92 Å². The van der Waals surface area contributed by atoms with E-state index < -0.39 is 0 Å². The number of nitrogens with one attached hydrogen (secondary N) is 1. The zero-order chi connectivity index (χ0) is 17.2. The van der Waals surface area contributed by atoms with Crippen molar-refractivity contribution in [3.63, 3.8) is 0 Å². The SMILES string of the molecule is CCCCC(CC)C(=O)NCc1cc(OC)c(OC)c(OC)c1. The molecule has 1 atom stereocenters. The summed E-state index contributed by atoms with van der Waals surface area (Å²) in [6, 6.07) is 3.71. The number of amides is 1. The second-order valence-electron chi connectivity index (χ2n) is 5.50. The van der Waals surface area contributed by atoms with E-state index >= 15 is 0 Å². The second-order valence-corrected chi connectivity index (χ2v) is 5.50. The van der Waals surface area contributed by atoms with Gasteiger partial charge in [0.1, 0.15) is 0 Å². The van der Waals surface area contributed by atoms with Gasteiger partial charge < -0.3 is 19.5 Å². The highest BCUT2D eigenvalue weighted by atomic mass is 16.5. The third-order valence-corrected chi connectivity index (χ3v) is 3.96. The number of rotatable bonds is 10. The summed E-state index contributed by atoms with van der Waals surface area (Å²) >= 11 is 0. The van der Waals surface area contributed by atoms with Gasteiger partial charge in [-0.15, -0.1) is 0 Å². The topological polar surface area (TPSA) is 56.8 Å². The van der Waals surface area contributed by atoms with E-state index in [1.807, 2.05) is 12.1 Å². The minimum Gasteiger partial charge on any atom is -0.493 e. The lowest BCUT2D eigenvalue weighted by Gasteiger charge is -2.17. The first-order valence-corrected chi connectivity index (χ1v) is 8.17. The van der Waals surface area contributed by atoms with Crippen molar-refractivity contribution < 1.29 is 19.0 Å². The lowest BCUT2D eigenvalue weighted by molar-refractivity contribution is -0.125. The van der Waals surface area contributed by atoms with E-state index in [0.717, 1.165) is 31.2 Å². The van der Waals surface area contributed by atoms with Crippen LogP contribution in [0.2, 0.25) is 0 Å². The largest absolute Gasteiger partial charge is 0.493 e. The van der Waals surface area contributed by atoms with E-state index in [-0.39, 0.29) is 11.8 Å². The van der Waals surface area contributed by atoms with Crippen molar-refractivity contribution in [2.45, 2.75) is 46.1 Å². The predicted molar refractivity (Wildman–Crippen MR) is 91.3 cm³/mol. The van der Waals surface area contributed by atoms with Gasteiger partial charge in [0.25, 0.3) is 0 Å². The quantitative estimate of drug-likeness (QED) is 0.715. The number of benzene rings is 1. The monoisotopic (exact) mass is 323 g/mol. The fourth-order valence-electron chi connectivity index (χ4n) is 2.54. The Morgan fingerprint density at radius 2 is 1.70 bits per heavy atom. The van der Waals surface area contributed by atoms with E-state index in [2.05, 4.69) is 19.2 Å². The standard InChI is InChI=1S/C18H29NO4/c1-6-8-9-14(7-2)18(20)19-12-13-10-15(21-3)17(23-5)16(11-13)22-4/h10-11,14H,6-9,12H2,1-5H3,(H,19,20). The lowest BCUT2D eigenvalue weighted by Crippen LogP contribution is -2.30. The highest BCUT2D eigenvalue weighted by Crippen LogP contribution is 2.38. The minimum absolute atomic E-state index is 0.0805. The molecule has 1 amide bonds. The van der Waals surface area contributed by atoms with Gasteiger partial charge in [-0.05, 0) is 30.5 Å². The van der Waals surface area contributed by atoms with Gasteiger partial charge in [-0.2, -0.15) is 0 Å². The van der Waals surface area contributed by atoms with Crippen LogP contribution in [0.1, 0.15) is 45.1 Å². The van der Waals surface area contributed by atoms with E-state index in [4.69, 9.17) is 14.2 Å². The first kappa shape index (κ1) is 19.1. The van der Waals surface area contributed by atoms with E-state index in [1.165, 1.54) is 0 Å². The van der Waals surface area contributed by atoms with Crippen LogP contribution in [0.15, 0.2) is 12.1 Å². The zero-order valence-corrected chi connectivity index (χ0v) is 14.9. The van der Waals surface area contributed by atoms with E-state index in [1.54, 1.807) is 21.3 Å². The van der Waals surface area contributed by atoms with Crippen molar-refractivity contribution in [3.05, 3.63) is 17.7 Å². The van der Waals surface area contributed by atoms with E-state index in [9.17, 15) is 4.79 Å². The molecule has 0 bridgehead atoms. The van der Waals surface area contributed by atoms with Gasteiger partial charge in [-0.1, -0.05) is 26.7 Å². The van der Waals surface area contributed by atoms with Crippen LogP contribution in [-0.2, 0) is 11.3 Å². The molecule has 0 heterocycles. The highest BCUT2D eigenvalue weighted by molar-refractivity contribution is 5.78. The fourth-order valence-corrected chi connectivity index (χ4v) is 2.54. The summed E-state index contributed by atoms with van der Waals surface area (Å²) in [6.07, 6.45) is 3.99. The lowest BCUT2D eigenvalue weighted by atomic mass is 9.98. The smallest absolute Gasteiger partial charge is 0.223 e. The Kier molecular flexibility index (Phi) is 8.30. The molecule has 5 heteroatoms. The summed E-state index contributed by atoms with van der Waals surface area (Å²) in [5.41, 5.74) is 0.915. The number of unbranched alkanes of at least 4 members (excludes halogenated alkanes) is 1. The third-order valence-electron chi connectivity index (χ3n) is 3.96. The molecule has 0 aliphatic heterocycles. The third kappa shape index (κ3) is 5.34. The molecule has 0 saturated carbocycles.